The van der Waals surface area contributed by atoms with Gasteiger partial charge in [-0.25, -0.2) is 9.69 Å². The Bertz CT molecular complexity index is 827. The van der Waals surface area contributed by atoms with Gasteiger partial charge in [-0.3, -0.25) is 9.59 Å². The second-order valence-electron chi connectivity index (χ2n) is 9.98. The zero-order valence-electron chi connectivity index (χ0n) is 17.6. The van der Waals surface area contributed by atoms with Crippen LogP contribution in [-0.4, -0.2) is 37.5 Å². The molecule has 5 aliphatic rings. The first-order valence-electron chi connectivity index (χ1n) is 11.2. The van der Waals surface area contributed by atoms with Crippen LogP contribution in [0.2, 0.25) is 0 Å². The summed E-state index contributed by atoms with van der Waals surface area (Å²) in [6, 6.07) is 5.96. The molecule has 1 atom stereocenters. The predicted molar refractivity (Wildman–Crippen MR) is 112 cm³/mol. The Labute approximate surface area is 177 Å². The summed E-state index contributed by atoms with van der Waals surface area (Å²) in [7, 11) is 1.32. The molecule has 1 saturated heterocycles. The van der Waals surface area contributed by atoms with Gasteiger partial charge in [-0.15, -0.1) is 0 Å². The van der Waals surface area contributed by atoms with Gasteiger partial charge >= 0.3 is 5.97 Å². The summed E-state index contributed by atoms with van der Waals surface area (Å²) in [6.45, 7) is 0.797. The molecule has 6 nitrogen and oxygen atoms in total. The van der Waals surface area contributed by atoms with Crippen LogP contribution in [0.15, 0.2) is 24.3 Å². The van der Waals surface area contributed by atoms with Crippen LogP contribution >= 0.6 is 0 Å². The molecule has 1 heterocycles. The van der Waals surface area contributed by atoms with Crippen molar-refractivity contribution in [3.63, 3.8) is 0 Å². The van der Waals surface area contributed by atoms with Crippen LogP contribution in [-0.2, 0) is 14.3 Å². The van der Waals surface area contributed by atoms with Crippen molar-refractivity contribution in [2.24, 2.45) is 23.2 Å². The molecule has 4 bridgehead atoms. The molecule has 160 valence electrons. The Balaban J connectivity index is 1.19. The minimum Gasteiger partial charge on any atom is -0.465 e. The van der Waals surface area contributed by atoms with Crippen LogP contribution in [0.4, 0.5) is 5.69 Å². The van der Waals surface area contributed by atoms with Crippen LogP contribution in [0, 0.1) is 23.2 Å². The van der Waals surface area contributed by atoms with Gasteiger partial charge in [-0.1, -0.05) is 0 Å². The minimum atomic E-state index is -0.452. The van der Waals surface area contributed by atoms with Crippen molar-refractivity contribution in [2.45, 2.75) is 57.4 Å². The third-order valence-electron chi connectivity index (χ3n) is 7.90. The van der Waals surface area contributed by atoms with E-state index in [1.165, 1.54) is 50.5 Å². The van der Waals surface area contributed by atoms with Gasteiger partial charge in [0.15, 0.2) is 0 Å². The van der Waals surface area contributed by atoms with Gasteiger partial charge in [0.25, 0.3) is 5.91 Å². The second-order valence-corrected chi connectivity index (χ2v) is 9.98. The molecule has 2 amide bonds. The molecule has 6 heteroatoms. The number of anilines is 1. The Kier molecular flexibility index (Phi) is 4.92. The summed E-state index contributed by atoms with van der Waals surface area (Å²) in [5.74, 6) is 1.94. The average Bonchev–Trinajstić information content (AvgIpc) is 2.99. The molecule has 1 unspecified atom stereocenters. The number of methoxy groups -OCH3 is 1. The highest BCUT2D eigenvalue weighted by atomic mass is 16.5. The van der Waals surface area contributed by atoms with E-state index in [-0.39, 0.29) is 18.2 Å². The van der Waals surface area contributed by atoms with E-state index >= 15 is 0 Å². The van der Waals surface area contributed by atoms with Crippen molar-refractivity contribution in [3.8, 4) is 0 Å². The zero-order valence-corrected chi connectivity index (χ0v) is 17.6. The normalized spacial score (nSPS) is 34.6. The highest BCUT2D eigenvalue weighted by molar-refractivity contribution is 6.22. The molecule has 1 aromatic carbocycles. The molecule has 4 saturated carbocycles. The first kappa shape index (κ1) is 19.7. The molecule has 5 fully saturated rings. The van der Waals surface area contributed by atoms with E-state index in [1.54, 1.807) is 24.3 Å². The van der Waals surface area contributed by atoms with Crippen LogP contribution in [0.5, 0.6) is 0 Å². The molecule has 0 aromatic heterocycles. The van der Waals surface area contributed by atoms with E-state index in [2.05, 4.69) is 5.32 Å². The Morgan fingerprint density at radius 1 is 1.07 bits per heavy atom. The lowest BCUT2D eigenvalue weighted by atomic mass is 9.49. The van der Waals surface area contributed by atoms with E-state index in [0.29, 0.717) is 16.7 Å². The second kappa shape index (κ2) is 7.49. The third-order valence-corrected chi connectivity index (χ3v) is 7.90. The summed E-state index contributed by atoms with van der Waals surface area (Å²) >= 11 is 0. The van der Waals surface area contributed by atoms with Crippen molar-refractivity contribution < 1.29 is 19.1 Å². The Morgan fingerprint density at radius 2 is 1.67 bits per heavy atom. The monoisotopic (exact) mass is 410 g/mol. The van der Waals surface area contributed by atoms with E-state index < -0.39 is 12.0 Å². The van der Waals surface area contributed by atoms with Crippen molar-refractivity contribution in [1.29, 1.82) is 0 Å². The largest absolute Gasteiger partial charge is 0.465 e. The van der Waals surface area contributed by atoms with Crippen molar-refractivity contribution >= 4 is 23.5 Å². The average molecular weight is 411 g/mol. The fraction of sp³-hybridized carbons (Fsp3) is 0.625. The predicted octanol–water partition coefficient (Wildman–Crippen LogP) is 3.30. The van der Waals surface area contributed by atoms with E-state index in [9.17, 15) is 14.4 Å². The van der Waals surface area contributed by atoms with Crippen LogP contribution in [0.3, 0.4) is 0 Å². The Morgan fingerprint density at radius 3 is 2.23 bits per heavy atom. The lowest BCUT2D eigenvalue weighted by molar-refractivity contribution is -0.121. The number of ether oxygens (including phenoxy) is 1. The number of benzene rings is 1. The first-order chi connectivity index (χ1) is 14.5. The molecule has 4 aliphatic carbocycles. The smallest absolute Gasteiger partial charge is 0.337 e. The van der Waals surface area contributed by atoms with Crippen LogP contribution in [0.1, 0.15) is 61.7 Å². The number of carbonyl (C=O) groups excluding carboxylic acids is 3. The molecule has 6 rings (SSSR count). The number of imide groups is 1. The number of hydrogen-bond donors (Lipinski definition) is 1. The van der Waals surface area contributed by atoms with Gasteiger partial charge in [-0.05, 0) is 98.9 Å². The molecule has 1 N–H and O–H groups in total. The van der Waals surface area contributed by atoms with Crippen molar-refractivity contribution in [2.75, 3.05) is 18.6 Å². The van der Waals surface area contributed by atoms with E-state index in [1.807, 2.05) is 0 Å². The first-order valence-corrected chi connectivity index (χ1v) is 11.2. The zero-order chi connectivity index (χ0) is 20.9. The SMILES string of the molecule is COC(=O)c1ccc(N2C(=O)CC(NCCC34CC5CC(CC(C5)C3)C4)C2=O)cc1. The summed E-state index contributed by atoms with van der Waals surface area (Å²) < 4.78 is 4.70. The minimum absolute atomic E-state index is 0.193. The molecule has 1 aliphatic heterocycles. The fourth-order valence-corrected chi connectivity index (χ4v) is 7.03. The number of rotatable bonds is 6. The quantitative estimate of drug-likeness (QED) is 0.575. The summed E-state index contributed by atoms with van der Waals surface area (Å²) in [4.78, 5) is 38.3. The van der Waals surface area contributed by atoms with Crippen LogP contribution < -0.4 is 10.2 Å². The fourth-order valence-electron chi connectivity index (χ4n) is 7.03. The van der Waals surface area contributed by atoms with Crippen molar-refractivity contribution in [3.05, 3.63) is 29.8 Å². The van der Waals surface area contributed by atoms with Gasteiger partial charge < -0.3 is 10.1 Å². The van der Waals surface area contributed by atoms with Crippen molar-refractivity contribution in [1.82, 2.24) is 5.32 Å². The number of carbonyl (C=O) groups is 3. The number of hydrogen-bond acceptors (Lipinski definition) is 5. The number of nitrogens with one attached hydrogen (secondary N) is 1. The van der Waals surface area contributed by atoms with Gasteiger partial charge in [0.1, 0.15) is 0 Å². The molecule has 0 spiro atoms. The Hall–Kier alpha value is -2.21. The number of esters is 1. The van der Waals surface area contributed by atoms with Crippen LogP contribution in [0.25, 0.3) is 0 Å². The lowest BCUT2D eigenvalue weighted by Gasteiger charge is -2.57. The molecular formula is C24H30N2O4. The van der Waals surface area contributed by atoms with Gasteiger partial charge in [0, 0.05) is 0 Å². The van der Waals surface area contributed by atoms with E-state index in [4.69, 9.17) is 4.74 Å². The summed E-state index contributed by atoms with van der Waals surface area (Å²) in [6.07, 6.45) is 9.69. The third kappa shape index (κ3) is 3.45. The molecular weight excluding hydrogens is 380 g/mol. The van der Waals surface area contributed by atoms with Gasteiger partial charge in [0.2, 0.25) is 5.91 Å². The standard InChI is InChI=1S/C24H30N2O4/c1-30-23(29)18-2-4-19(5-3-18)26-21(27)11-20(22(26)28)25-7-6-24-12-15-8-16(13-24)10-17(9-15)14-24/h2-5,15-17,20,25H,6-14H2,1H3. The summed E-state index contributed by atoms with van der Waals surface area (Å²) in [5, 5.41) is 3.39. The number of nitrogens with zero attached hydrogens (tertiary/aromatic N) is 1. The summed E-state index contributed by atoms with van der Waals surface area (Å²) in [5.41, 5.74) is 1.37. The molecule has 1 aromatic rings. The van der Waals surface area contributed by atoms with Gasteiger partial charge in [0.05, 0.1) is 30.8 Å². The maximum Gasteiger partial charge on any atom is 0.337 e. The highest BCUT2D eigenvalue weighted by Gasteiger charge is 2.50. The van der Waals surface area contributed by atoms with Gasteiger partial charge in [-0.2, -0.15) is 0 Å². The number of amides is 2. The topological polar surface area (TPSA) is 75.7 Å². The molecule has 0 radical (unpaired) electrons. The molecule has 30 heavy (non-hydrogen) atoms. The lowest BCUT2D eigenvalue weighted by Crippen LogP contribution is -2.48. The highest BCUT2D eigenvalue weighted by Crippen LogP contribution is 2.61. The maximum atomic E-state index is 12.9. The maximum absolute atomic E-state index is 12.9. The van der Waals surface area contributed by atoms with E-state index in [0.717, 1.165) is 30.7 Å².